The number of hydrogen-bond donors (Lipinski definition) is 3. The van der Waals surface area contributed by atoms with Crippen molar-refractivity contribution in [3.05, 3.63) is 17.5 Å². The molecule has 0 bridgehead atoms. The number of rotatable bonds is 2. The molecule has 0 spiro atoms. The third-order valence-corrected chi connectivity index (χ3v) is 2.49. The van der Waals surface area contributed by atoms with Crippen LogP contribution >= 0.6 is 11.8 Å². The topological polar surface area (TPSA) is 106 Å². The Labute approximate surface area is 92.2 Å². The zero-order chi connectivity index (χ0) is 11.4. The number of hydrogen-bond acceptors (Lipinski definition) is 3. The summed E-state index contributed by atoms with van der Waals surface area (Å²) in [7, 11) is 1.87. The molecule has 6 nitrogen and oxygen atoms in total. The Hall–Kier alpha value is -1.50. The summed E-state index contributed by atoms with van der Waals surface area (Å²) in [6.07, 6.45) is 0. The van der Waals surface area contributed by atoms with E-state index in [-0.39, 0.29) is 11.1 Å². The average molecular weight is 226 g/mol. The fraction of sp³-hybridized carbons (Fsp3) is 0.375. The van der Waals surface area contributed by atoms with Gasteiger partial charge in [0.05, 0.1) is 5.69 Å². The molecule has 0 fully saturated rings. The van der Waals surface area contributed by atoms with Crippen LogP contribution in [0, 0.1) is 12.3 Å². The largest absolute Gasteiger partial charge is 0.370 e. The van der Waals surface area contributed by atoms with Crippen molar-refractivity contribution >= 4 is 22.9 Å². The lowest BCUT2D eigenvalue weighted by Crippen LogP contribution is -2.23. The van der Waals surface area contributed by atoms with Crippen molar-refractivity contribution in [1.82, 2.24) is 9.78 Å². The van der Waals surface area contributed by atoms with Crippen LogP contribution in [0.4, 0.5) is 0 Å². The van der Waals surface area contributed by atoms with E-state index in [1.165, 1.54) is 11.8 Å². The van der Waals surface area contributed by atoms with Gasteiger partial charge in [-0.1, -0.05) is 11.8 Å². The molecule has 1 rings (SSSR count). The number of nitrogens with two attached hydrogens (primary N) is 2. The first-order valence-electron chi connectivity index (χ1n) is 4.29. The molecule has 0 aliphatic rings. The summed E-state index contributed by atoms with van der Waals surface area (Å²) in [5.74, 6) is 0.543. The molecule has 1 aromatic rings. The van der Waals surface area contributed by atoms with Crippen molar-refractivity contribution in [2.45, 2.75) is 12.7 Å². The minimum atomic E-state index is -0.0892. The zero-order valence-corrected chi connectivity index (χ0v) is 9.51. The first-order chi connectivity index (χ1) is 6.99. The molecule has 0 saturated carbocycles. The van der Waals surface area contributed by atoms with Gasteiger partial charge in [0.2, 0.25) is 0 Å². The molecule has 82 valence electrons. The van der Waals surface area contributed by atoms with E-state index in [2.05, 4.69) is 10.1 Å². The molecule has 0 aliphatic carbocycles. The second kappa shape index (κ2) is 4.83. The number of aryl methyl sites for hydroxylation is 2. The van der Waals surface area contributed by atoms with Crippen LogP contribution in [-0.4, -0.2) is 20.9 Å². The molecular weight excluding hydrogens is 212 g/mol. The summed E-state index contributed by atoms with van der Waals surface area (Å²) < 4.78 is 1.78. The number of nitrogens with zero attached hydrogens (tertiary/aromatic N) is 3. The lowest BCUT2D eigenvalue weighted by molar-refractivity contribution is 0.728. The molecule has 0 amide bonds. The van der Waals surface area contributed by atoms with Crippen LogP contribution in [0.25, 0.3) is 0 Å². The summed E-state index contributed by atoms with van der Waals surface area (Å²) in [4.78, 5) is 3.62. The molecule has 0 aliphatic heterocycles. The van der Waals surface area contributed by atoms with Crippen molar-refractivity contribution in [2.24, 2.45) is 23.5 Å². The van der Waals surface area contributed by atoms with Crippen LogP contribution in [0.15, 0.2) is 11.1 Å². The average Bonchev–Trinajstić information content (AvgIpc) is 2.40. The van der Waals surface area contributed by atoms with Gasteiger partial charge in [0.15, 0.2) is 11.1 Å². The lowest BCUT2D eigenvalue weighted by Gasteiger charge is -2.00. The van der Waals surface area contributed by atoms with Crippen LogP contribution < -0.4 is 11.5 Å². The van der Waals surface area contributed by atoms with Crippen LogP contribution in [0.1, 0.15) is 11.4 Å². The smallest absolute Gasteiger partial charge is 0.193 e. The number of amidine groups is 1. The molecule has 0 atom stereocenters. The van der Waals surface area contributed by atoms with Gasteiger partial charge in [-0.2, -0.15) is 10.1 Å². The van der Waals surface area contributed by atoms with E-state index < -0.39 is 0 Å². The van der Waals surface area contributed by atoms with Gasteiger partial charge in [0, 0.05) is 18.5 Å². The fourth-order valence-corrected chi connectivity index (χ4v) is 1.82. The summed E-state index contributed by atoms with van der Waals surface area (Å²) >= 11 is 1.26. The standard InChI is InChI=1S/C8H14N6S/c1-5-3-6(14(2)13-5)4-15-8(11)12-7(9)10/h3H,4H2,1-2H3,(H5,9,10,11,12). The molecule has 0 unspecified atom stereocenters. The van der Waals surface area contributed by atoms with Gasteiger partial charge in [0.1, 0.15) is 0 Å². The third kappa shape index (κ3) is 3.62. The van der Waals surface area contributed by atoms with E-state index in [4.69, 9.17) is 16.9 Å². The quantitative estimate of drug-likeness (QED) is 0.493. The minimum Gasteiger partial charge on any atom is -0.370 e. The maximum atomic E-state index is 7.43. The van der Waals surface area contributed by atoms with Gasteiger partial charge < -0.3 is 11.5 Å². The predicted molar refractivity (Wildman–Crippen MR) is 62.8 cm³/mol. The molecule has 0 saturated heterocycles. The molecule has 7 heteroatoms. The van der Waals surface area contributed by atoms with E-state index in [0.717, 1.165) is 11.4 Å². The minimum absolute atomic E-state index is 0.0892. The first-order valence-corrected chi connectivity index (χ1v) is 5.28. The summed E-state index contributed by atoms with van der Waals surface area (Å²) in [5, 5.41) is 11.7. The molecule has 0 aromatic carbocycles. The predicted octanol–water partition coefficient (Wildman–Crippen LogP) is 0.170. The van der Waals surface area contributed by atoms with Crippen molar-refractivity contribution < 1.29 is 0 Å². The normalized spacial score (nSPS) is 10.0. The molecule has 0 radical (unpaired) electrons. The van der Waals surface area contributed by atoms with Crippen LogP contribution in [0.5, 0.6) is 0 Å². The molecule has 5 N–H and O–H groups in total. The monoisotopic (exact) mass is 226 g/mol. The number of aromatic nitrogens is 2. The fourth-order valence-electron chi connectivity index (χ4n) is 1.09. The summed E-state index contributed by atoms with van der Waals surface area (Å²) in [5.41, 5.74) is 12.3. The Morgan fingerprint density at radius 3 is 2.80 bits per heavy atom. The van der Waals surface area contributed by atoms with Gasteiger partial charge in [-0.15, -0.1) is 0 Å². The Bertz CT molecular complexity index is 390. The molecule has 15 heavy (non-hydrogen) atoms. The summed E-state index contributed by atoms with van der Waals surface area (Å²) in [6, 6.07) is 1.97. The highest BCUT2D eigenvalue weighted by atomic mass is 32.2. The van der Waals surface area contributed by atoms with Crippen molar-refractivity contribution in [2.75, 3.05) is 0 Å². The Kier molecular flexibility index (Phi) is 3.73. The van der Waals surface area contributed by atoms with Crippen molar-refractivity contribution in [1.29, 1.82) is 5.41 Å². The highest BCUT2D eigenvalue weighted by Crippen LogP contribution is 2.13. The second-order valence-electron chi connectivity index (χ2n) is 3.03. The van der Waals surface area contributed by atoms with Gasteiger partial charge in [-0.25, -0.2) is 0 Å². The highest BCUT2D eigenvalue weighted by Gasteiger charge is 2.04. The van der Waals surface area contributed by atoms with E-state index in [1.807, 2.05) is 20.0 Å². The van der Waals surface area contributed by atoms with Gasteiger partial charge in [0.25, 0.3) is 0 Å². The first kappa shape index (κ1) is 11.6. The lowest BCUT2D eigenvalue weighted by atomic mass is 10.4. The van der Waals surface area contributed by atoms with E-state index in [0.29, 0.717) is 5.75 Å². The second-order valence-corrected chi connectivity index (χ2v) is 4.00. The molecular formula is C8H14N6S. The van der Waals surface area contributed by atoms with E-state index in [1.54, 1.807) is 4.68 Å². The zero-order valence-electron chi connectivity index (χ0n) is 8.69. The van der Waals surface area contributed by atoms with Gasteiger partial charge in [-0.05, 0) is 13.0 Å². The van der Waals surface area contributed by atoms with Crippen molar-refractivity contribution in [3.8, 4) is 0 Å². The molecule has 1 heterocycles. The van der Waals surface area contributed by atoms with E-state index >= 15 is 0 Å². The Morgan fingerprint density at radius 1 is 1.67 bits per heavy atom. The Morgan fingerprint density at radius 2 is 2.33 bits per heavy atom. The van der Waals surface area contributed by atoms with E-state index in [9.17, 15) is 0 Å². The summed E-state index contributed by atoms with van der Waals surface area (Å²) in [6.45, 7) is 1.93. The number of nitrogens with one attached hydrogen (secondary N) is 1. The maximum absolute atomic E-state index is 7.43. The van der Waals surface area contributed by atoms with Crippen molar-refractivity contribution in [3.63, 3.8) is 0 Å². The van der Waals surface area contributed by atoms with Gasteiger partial charge in [-0.3, -0.25) is 10.1 Å². The third-order valence-electron chi connectivity index (χ3n) is 1.69. The number of thioether (sulfide) groups is 1. The van der Waals surface area contributed by atoms with Gasteiger partial charge >= 0.3 is 0 Å². The number of aliphatic imine (C=N–C) groups is 1. The maximum Gasteiger partial charge on any atom is 0.193 e. The van der Waals surface area contributed by atoms with Crippen LogP contribution in [-0.2, 0) is 12.8 Å². The SMILES string of the molecule is Cc1cc(CSC(=N)N=C(N)N)n(C)n1. The van der Waals surface area contributed by atoms with Crippen LogP contribution in [0.2, 0.25) is 0 Å². The van der Waals surface area contributed by atoms with Crippen LogP contribution in [0.3, 0.4) is 0 Å². The molecule has 1 aromatic heterocycles. The highest BCUT2D eigenvalue weighted by molar-refractivity contribution is 8.13. The number of guanidine groups is 1. The Balaban J connectivity index is 2.54.